The number of pyridine rings is 1. The van der Waals surface area contributed by atoms with E-state index in [1.807, 2.05) is 19.1 Å². The lowest BCUT2D eigenvalue weighted by atomic mass is 9.89. The minimum atomic E-state index is -0.570. The fourth-order valence-corrected chi connectivity index (χ4v) is 4.62. The van der Waals surface area contributed by atoms with Crippen LogP contribution >= 0.6 is 0 Å². The Balaban J connectivity index is 1.39. The summed E-state index contributed by atoms with van der Waals surface area (Å²) in [5.41, 5.74) is 2.89. The third-order valence-corrected chi connectivity index (χ3v) is 6.44. The number of hydrogen-bond donors (Lipinski definition) is 2. The highest BCUT2D eigenvalue weighted by molar-refractivity contribution is 5.95. The van der Waals surface area contributed by atoms with E-state index in [0.29, 0.717) is 18.7 Å². The summed E-state index contributed by atoms with van der Waals surface area (Å²) in [5.74, 6) is -0.246. The van der Waals surface area contributed by atoms with E-state index in [-0.39, 0.29) is 29.4 Å². The van der Waals surface area contributed by atoms with Crippen LogP contribution in [0.25, 0.3) is 0 Å². The highest BCUT2D eigenvalue weighted by Gasteiger charge is 2.27. The average molecular weight is 455 g/mol. The first-order valence-electron chi connectivity index (χ1n) is 11.5. The first-order valence-corrected chi connectivity index (χ1v) is 11.5. The van der Waals surface area contributed by atoms with Crippen LogP contribution in [0.1, 0.15) is 58.9 Å². The summed E-state index contributed by atoms with van der Waals surface area (Å²) in [4.78, 5) is 30.4. The number of aromatic hydroxyl groups is 1. The van der Waals surface area contributed by atoms with E-state index in [1.54, 1.807) is 6.07 Å². The zero-order valence-corrected chi connectivity index (χ0v) is 18.8. The number of piperidine rings is 1. The Morgan fingerprint density at radius 3 is 2.76 bits per heavy atom. The van der Waals surface area contributed by atoms with Gasteiger partial charge in [0.1, 0.15) is 0 Å². The molecule has 9 heteroatoms. The van der Waals surface area contributed by atoms with Crippen molar-refractivity contribution in [1.29, 1.82) is 0 Å². The van der Waals surface area contributed by atoms with Crippen molar-refractivity contribution in [3.8, 4) is 5.75 Å². The molecule has 0 bridgehead atoms. The number of benzene rings is 1. The lowest BCUT2D eigenvalue weighted by molar-refractivity contribution is -0.385. The number of likely N-dealkylation sites (tertiary alicyclic amines) is 1. The number of nitrogens with one attached hydrogen (secondary N) is 1. The van der Waals surface area contributed by atoms with E-state index in [9.17, 15) is 20.0 Å². The lowest BCUT2D eigenvalue weighted by Gasteiger charge is -2.32. The molecule has 4 rings (SSSR count). The third kappa shape index (κ3) is 5.66. The first-order chi connectivity index (χ1) is 15.9. The molecule has 2 aliphatic heterocycles. The van der Waals surface area contributed by atoms with Crippen LogP contribution in [-0.2, 0) is 11.3 Å². The second-order valence-corrected chi connectivity index (χ2v) is 8.86. The first kappa shape index (κ1) is 23.1. The van der Waals surface area contributed by atoms with Crippen molar-refractivity contribution in [3.63, 3.8) is 0 Å². The smallest absolute Gasteiger partial charge is 0.311 e. The Morgan fingerprint density at radius 1 is 1.27 bits per heavy atom. The van der Waals surface area contributed by atoms with Crippen molar-refractivity contribution in [2.45, 2.75) is 51.2 Å². The number of ether oxygens (including phenoxy) is 1. The molecule has 1 aromatic carbocycles. The number of nitro benzene ring substituents is 1. The van der Waals surface area contributed by atoms with Crippen LogP contribution in [0.15, 0.2) is 30.3 Å². The maximum Gasteiger partial charge on any atom is 0.311 e. The molecule has 0 aliphatic carbocycles. The largest absolute Gasteiger partial charge is 0.502 e. The second kappa shape index (κ2) is 10.3. The van der Waals surface area contributed by atoms with Crippen LogP contribution in [0.2, 0.25) is 0 Å². The van der Waals surface area contributed by atoms with Gasteiger partial charge in [0.15, 0.2) is 5.75 Å². The number of rotatable bonds is 7. The highest BCUT2D eigenvalue weighted by atomic mass is 16.6. The SMILES string of the molecule is Cc1ccc(C(=O)NCC2CCCO2)c(C2CCN(Cc3ccc(O)c([N+](=O)[O-])c3)CC2)n1. The van der Waals surface area contributed by atoms with Gasteiger partial charge in [0, 0.05) is 37.4 Å². The molecular weight excluding hydrogens is 424 g/mol. The second-order valence-electron chi connectivity index (χ2n) is 8.86. The molecule has 176 valence electrons. The Kier molecular flexibility index (Phi) is 7.20. The maximum absolute atomic E-state index is 12.9. The predicted octanol–water partition coefficient (Wildman–Crippen LogP) is 3.29. The summed E-state index contributed by atoms with van der Waals surface area (Å²) in [6, 6.07) is 8.26. The van der Waals surface area contributed by atoms with Crippen LogP contribution in [0, 0.1) is 17.0 Å². The zero-order valence-electron chi connectivity index (χ0n) is 18.8. The van der Waals surface area contributed by atoms with E-state index in [0.717, 1.165) is 62.3 Å². The highest BCUT2D eigenvalue weighted by Crippen LogP contribution is 2.31. The van der Waals surface area contributed by atoms with Crippen molar-refractivity contribution in [3.05, 3.63) is 63.0 Å². The summed E-state index contributed by atoms with van der Waals surface area (Å²) in [6.07, 6.45) is 3.80. The summed E-state index contributed by atoms with van der Waals surface area (Å²) in [7, 11) is 0. The minimum absolute atomic E-state index is 0.0924. The molecule has 33 heavy (non-hydrogen) atoms. The molecule has 0 radical (unpaired) electrons. The molecule has 3 heterocycles. The molecule has 1 atom stereocenters. The van der Waals surface area contributed by atoms with Crippen LogP contribution in [0.3, 0.4) is 0 Å². The van der Waals surface area contributed by atoms with Crippen molar-refractivity contribution in [2.24, 2.45) is 0 Å². The molecule has 0 spiro atoms. The average Bonchev–Trinajstić information content (AvgIpc) is 3.33. The normalized spacial score (nSPS) is 19.5. The molecule has 1 unspecified atom stereocenters. The van der Waals surface area contributed by atoms with Crippen LogP contribution < -0.4 is 5.32 Å². The number of aryl methyl sites for hydroxylation is 1. The fourth-order valence-electron chi connectivity index (χ4n) is 4.62. The van der Waals surface area contributed by atoms with Gasteiger partial charge in [0.05, 0.1) is 22.3 Å². The molecule has 2 N–H and O–H groups in total. The molecule has 1 aromatic heterocycles. The van der Waals surface area contributed by atoms with Crippen LogP contribution in [0.5, 0.6) is 5.75 Å². The van der Waals surface area contributed by atoms with Gasteiger partial charge >= 0.3 is 5.69 Å². The van der Waals surface area contributed by atoms with Crippen molar-refractivity contribution >= 4 is 11.6 Å². The minimum Gasteiger partial charge on any atom is -0.502 e. The van der Waals surface area contributed by atoms with Crippen molar-refractivity contribution in [2.75, 3.05) is 26.2 Å². The molecule has 2 aliphatic rings. The summed E-state index contributed by atoms with van der Waals surface area (Å²) in [5, 5.41) is 23.8. The number of carbonyl (C=O) groups excluding carboxylic acids is 1. The number of phenolic OH excluding ortho intramolecular Hbond substituents is 1. The third-order valence-electron chi connectivity index (χ3n) is 6.44. The van der Waals surface area contributed by atoms with Gasteiger partial charge in [-0.15, -0.1) is 0 Å². The van der Waals surface area contributed by atoms with Gasteiger partial charge in [0.2, 0.25) is 0 Å². The topological polar surface area (TPSA) is 118 Å². The van der Waals surface area contributed by atoms with Gasteiger partial charge in [-0.1, -0.05) is 6.07 Å². The standard InChI is InChI=1S/C24H30N4O5/c1-16-4-6-20(24(30)25-14-19-3-2-12-33-19)23(26-16)18-8-10-27(11-9-18)15-17-5-7-22(29)21(13-17)28(31)32/h4-7,13,18-19,29H,2-3,8-12,14-15H2,1H3,(H,25,30). The van der Waals surface area contributed by atoms with Crippen molar-refractivity contribution in [1.82, 2.24) is 15.2 Å². The molecule has 0 saturated carbocycles. The predicted molar refractivity (Wildman–Crippen MR) is 122 cm³/mol. The maximum atomic E-state index is 12.9. The Morgan fingerprint density at radius 2 is 2.06 bits per heavy atom. The Labute approximate surface area is 192 Å². The van der Waals surface area contributed by atoms with E-state index in [2.05, 4.69) is 10.2 Å². The van der Waals surface area contributed by atoms with Gasteiger partial charge < -0.3 is 15.2 Å². The molecule has 9 nitrogen and oxygen atoms in total. The molecular formula is C24H30N4O5. The summed E-state index contributed by atoms with van der Waals surface area (Å²) < 4.78 is 5.61. The molecule has 2 saturated heterocycles. The van der Waals surface area contributed by atoms with Crippen molar-refractivity contribution < 1.29 is 19.6 Å². The number of aromatic nitrogens is 1. The molecule has 1 amide bonds. The number of phenols is 1. The monoisotopic (exact) mass is 454 g/mol. The Hall–Kier alpha value is -3.04. The quantitative estimate of drug-likeness (QED) is 0.487. The number of carbonyl (C=O) groups is 1. The molecule has 2 fully saturated rings. The van der Waals surface area contributed by atoms with E-state index < -0.39 is 4.92 Å². The number of hydrogen-bond acceptors (Lipinski definition) is 7. The van der Waals surface area contributed by atoms with E-state index in [4.69, 9.17) is 9.72 Å². The van der Waals surface area contributed by atoms with Gasteiger partial charge in [0.25, 0.3) is 5.91 Å². The zero-order chi connectivity index (χ0) is 23.4. The summed E-state index contributed by atoms with van der Waals surface area (Å²) in [6.45, 7) is 5.38. The van der Waals surface area contributed by atoms with Gasteiger partial charge in [-0.05, 0) is 69.5 Å². The lowest BCUT2D eigenvalue weighted by Crippen LogP contribution is -2.35. The van der Waals surface area contributed by atoms with Gasteiger partial charge in [-0.25, -0.2) is 0 Å². The van der Waals surface area contributed by atoms with Gasteiger partial charge in [-0.3, -0.25) is 24.8 Å². The van der Waals surface area contributed by atoms with E-state index >= 15 is 0 Å². The number of amides is 1. The Bertz CT molecular complexity index is 1010. The summed E-state index contributed by atoms with van der Waals surface area (Å²) >= 11 is 0. The van der Waals surface area contributed by atoms with Gasteiger partial charge in [-0.2, -0.15) is 0 Å². The van der Waals surface area contributed by atoms with Crippen LogP contribution in [0.4, 0.5) is 5.69 Å². The van der Waals surface area contributed by atoms with E-state index in [1.165, 1.54) is 12.1 Å². The number of nitrogens with zero attached hydrogens (tertiary/aromatic N) is 3. The number of nitro groups is 1. The molecule has 2 aromatic rings. The fraction of sp³-hybridized carbons (Fsp3) is 0.500. The van der Waals surface area contributed by atoms with Crippen LogP contribution in [-0.4, -0.2) is 58.2 Å².